The van der Waals surface area contributed by atoms with Gasteiger partial charge in [-0.3, -0.25) is 0 Å². The Hall–Kier alpha value is -0.960. The maximum atomic E-state index is 4.58. The van der Waals surface area contributed by atoms with Crippen LogP contribution in [0.15, 0.2) is 0 Å². The first-order valence-electron chi connectivity index (χ1n) is 5.62. The molecule has 82 valence electrons. The van der Waals surface area contributed by atoms with Gasteiger partial charge in [-0.2, -0.15) is 0 Å². The molecule has 15 heavy (non-hydrogen) atoms. The van der Waals surface area contributed by atoms with Crippen molar-refractivity contribution in [1.29, 1.82) is 0 Å². The minimum Gasteiger partial charge on any atom is -0.302 e. The molecule has 0 atom stereocenters. The first-order valence-corrected chi connectivity index (χ1v) is 5.62. The van der Waals surface area contributed by atoms with E-state index in [0.29, 0.717) is 5.92 Å². The van der Waals surface area contributed by atoms with Gasteiger partial charge in [0.25, 0.3) is 0 Å². The van der Waals surface area contributed by atoms with Crippen LogP contribution in [0.25, 0.3) is 0 Å². The Labute approximate surface area is 91.5 Å². The number of nitrogens with zero attached hydrogens (tertiary/aromatic N) is 3. The molecule has 0 saturated heterocycles. The Morgan fingerprint density at radius 2 is 2.00 bits per heavy atom. The normalized spacial score (nSPS) is 16.9. The van der Waals surface area contributed by atoms with Crippen molar-refractivity contribution in [3.8, 4) is 0 Å². The summed E-state index contributed by atoms with van der Waals surface area (Å²) in [5.41, 5.74) is 3.87. The standard InChI is InChI=1S/C12H19N3/c1-8(2)12-10-7-15(4)6-5-11(10)13-9(3)14-12/h8H,5-7H2,1-4H3. The van der Waals surface area contributed by atoms with Crippen LogP contribution in [0.1, 0.15) is 42.5 Å². The molecule has 3 nitrogen and oxygen atoms in total. The third kappa shape index (κ3) is 2.02. The van der Waals surface area contributed by atoms with Crippen LogP contribution < -0.4 is 0 Å². The van der Waals surface area contributed by atoms with E-state index in [1.54, 1.807) is 0 Å². The number of hydrogen-bond donors (Lipinski definition) is 0. The van der Waals surface area contributed by atoms with Gasteiger partial charge in [0.1, 0.15) is 5.82 Å². The summed E-state index contributed by atoms with van der Waals surface area (Å²) in [6.45, 7) is 8.52. The van der Waals surface area contributed by atoms with Crippen LogP contribution in [0.2, 0.25) is 0 Å². The fourth-order valence-corrected chi connectivity index (χ4v) is 2.18. The Morgan fingerprint density at radius 1 is 1.27 bits per heavy atom. The summed E-state index contributed by atoms with van der Waals surface area (Å²) in [6.07, 6.45) is 1.06. The average Bonchev–Trinajstić information content (AvgIpc) is 2.17. The molecule has 2 heterocycles. The highest BCUT2D eigenvalue weighted by molar-refractivity contribution is 5.30. The number of likely N-dealkylation sites (N-methyl/N-ethyl adjacent to an activating group) is 1. The maximum absolute atomic E-state index is 4.58. The van der Waals surface area contributed by atoms with Gasteiger partial charge >= 0.3 is 0 Å². The van der Waals surface area contributed by atoms with E-state index in [-0.39, 0.29) is 0 Å². The molecule has 1 aromatic rings. The molecule has 1 aromatic heterocycles. The number of aromatic nitrogens is 2. The summed E-state index contributed by atoms with van der Waals surface area (Å²) in [5.74, 6) is 1.41. The minimum atomic E-state index is 0.493. The van der Waals surface area contributed by atoms with Crippen LogP contribution in [0, 0.1) is 6.92 Å². The average molecular weight is 205 g/mol. The van der Waals surface area contributed by atoms with Crippen LogP contribution in [0.5, 0.6) is 0 Å². The first kappa shape index (κ1) is 10.6. The van der Waals surface area contributed by atoms with Gasteiger partial charge in [0.15, 0.2) is 0 Å². The van der Waals surface area contributed by atoms with Gasteiger partial charge in [-0.15, -0.1) is 0 Å². The largest absolute Gasteiger partial charge is 0.302 e. The molecule has 0 saturated carbocycles. The molecule has 1 aliphatic heterocycles. The second kappa shape index (κ2) is 3.89. The maximum Gasteiger partial charge on any atom is 0.125 e. The lowest BCUT2D eigenvalue weighted by Crippen LogP contribution is -2.29. The zero-order chi connectivity index (χ0) is 11.0. The third-order valence-electron chi connectivity index (χ3n) is 2.94. The van der Waals surface area contributed by atoms with Crippen molar-refractivity contribution in [1.82, 2.24) is 14.9 Å². The zero-order valence-corrected chi connectivity index (χ0v) is 10.0. The lowest BCUT2D eigenvalue weighted by molar-refractivity contribution is 0.306. The van der Waals surface area contributed by atoms with Gasteiger partial charge in [0.2, 0.25) is 0 Å². The summed E-state index contributed by atoms with van der Waals surface area (Å²) in [5, 5.41) is 0. The van der Waals surface area contributed by atoms with Crippen molar-refractivity contribution >= 4 is 0 Å². The summed E-state index contributed by atoms with van der Waals surface area (Å²) in [4.78, 5) is 11.5. The van der Waals surface area contributed by atoms with Gasteiger partial charge < -0.3 is 4.90 Å². The van der Waals surface area contributed by atoms with E-state index in [0.717, 1.165) is 25.3 Å². The summed E-state index contributed by atoms with van der Waals surface area (Å²) >= 11 is 0. The number of hydrogen-bond acceptors (Lipinski definition) is 3. The van der Waals surface area contributed by atoms with Gasteiger partial charge in [-0.05, 0) is 19.9 Å². The molecule has 0 aromatic carbocycles. The van der Waals surface area contributed by atoms with E-state index in [2.05, 4.69) is 35.8 Å². The minimum absolute atomic E-state index is 0.493. The van der Waals surface area contributed by atoms with Gasteiger partial charge in [-0.1, -0.05) is 13.8 Å². The van der Waals surface area contributed by atoms with Gasteiger partial charge in [0.05, 0.1) is 11.4 Å². The van der Waals surface area contributed by atoms with Crippen molar-refractivity contribution < 1.29 is 0 Å². The van der Waals surface area contributed by atoms with Crippen LogP contribution in [-0.4, -0.2) is 28.5 Å². The summed E-state index contributed by atoms with van der Waals surface area (Å²) in [6, 6.07) is 0. The van der Waals surface area contributed by atoms with E-state index in [4.69, 9.17) is 0 Å². The second-order valence-electron chi connectivity index (χ2n) is 4.72. The molecule has 1 aliphatic rings. The van der Waals surface area contributed by atoms with Crippen LogP contribution in [0.3, 0.4) is 0 Å². The fourth-order valence-electron chi connectivity index (χ4n) is 2.18. The molecule has 3 heteroatoms. The SMILES string of the molecule is Cc1nc2c(c(C(C)C)n1)CN(C)CC2. The predicted octanol–water partition coefficient (Wildman–Crippen LogP) is 1.90. The molecular formula is C12H19N3. The highest BCUT2D eigenvalue weighted by Gasteiger charge is 2.20. The van der Waals surface area contributed by atoms with Crippen LogP contribution >= 0.6 is 0 Å². The molecule has 0 aliphatic carbocycles. The molecule has 2 rings (SSSR count). The van der Waals surface area contributed by atoms with Crippen molar-refractivity contribution in [2.24, 2.45) is 0 Å². The number of rotatable bonds is 1. The zero-order valence-electron chi connectivity index (χ0n) is 10.0. The van der Waals surface area contributed by atoms with E-state index in [9.17, 15) is 0 Å². The fraction of sp³-hybridized carbons (Fsp3) is 0.667. The monoisotopic (exact) mass is 205 g/mol. The third-order valence-corrected chi connectivity index (χ3v) is 2.94. The molecule has 0 fully saturated rings. The predicted molar refractivity (Wildman–Crippen MR) is 60.9 cm³/mol. The molecule has 0 spiro atoms. The molecule has 0 bridgehead atoms. The van der Waals surface area contributed by atoms with E-state index < -0.39 is 0 Å². The highest BCUT2D eigenvalue weighted by Crippen LogP contribution is 2.24. The Balaban J connectivity index is 2.50. The Bertz CT molecular complexity index is 371. The molecular weight excluding hydrogens is 186 g/mol. The van der Waals surface area contributed by atoms with Crippen molar-refractivity contribution in [3.63, 3.8) is 0 Å². The molecule has 0 radical (unpaired) electrons. The Morgan fingerprint density at radius 3 is 2.67 bits per heavy atom. The lowest BCUT2D eigenvalue weighted by atomic mass is 9.98. The van der Waals surface area contributed by atoms with E-state index in [1.165, 1.54) is 17.0 Å². The van der Waals surface area contributed by atoms with Crippen LogP contribution in [0.4, 0.5) is 0 Å². The molecule has 0 unspecified atom stereocenters. The molecule has 0 amide bonds. The van der Waals surface area contributed by atoms with Crippen molar-refractivity contribution in [2.45, 2.75) is 39.7 Å². The van der Waals surface area contributed by atoms with Crippen LogP contribution in [-0.2, 0) is 13.0 Å². The molecule has 0 N–H and O–H groups in total. The van der Waals surface area contributed by atoms with Crippen molar-refractivity contribution in [2.75, 3.05) is 13.6 Å². The summed E-state index contributed by atoms with van der Waals surface area (Å²) in [7, 11) is 2.16. The highest BCUT2D eigenvalue weighted by atomic mass is 15.1. The van der Waals surface area contributed by atoms with Gasteiger partial charge in [0, 0.05) is 25.1 Å². The van der Waals surface area contributed by atoms with E-state index >= 15 is 0 Å². The van der Waals surface area contributed by atoms with E-state index in [1.807, 2.05) is 6.92 Å². The lowest BCUT2D eigenvalue weighted by Gasteiger charge is -2.27. The number of aryl methyl sites for hydroxylation is 1. The summed E-state index contributed by atoms with van der Waals surface area (Å²) < 4.78 is 0. The van der Waals surface area contributed by atoms with Crippen molar-refractivity contribution in [3.05, 3.63) is 22.8 Å². The number of fused-ring (bicyclic) bond motifs is 1. The first-order chi connectivity index (χ1) is 7.08. The quantitative estimate of drug-likeness (QED) is 0.701. The smallest absolute Gasteiger partial charge is 0.125 e. The second-order valence-corrected chi connectivity index (χ2v) is 4.72. The topological polar surface area (TPSA) is 29.0 Å². The van der Waals surface area contributed by atoms with Gasteiger partial charge in [-0.25, -0.2) is 9.97 Å². The Kier molecular flexibility index (Phi) is 2.74.